The van der Waals surface area contributed by atoms with Crippen molar-refractivity contribution in [2.75, 3.05) is 20.7 Å². The van der Waals surface area contributed by atoms with E-state index in [1.54, 1.807) is 34.9 Å². The van der Waals surface area contributed by atoms with Crippen LogP contribution in [0.4, 0.5) is 4.79 Å². The summed E-state index contributed by atoms with van der Waals surface area (Å²) in [6.07, 6.45) is -0.287. The molecule has 0 heterocycles. The fourth-order valence-electron chi connectivity index (χ4n) is 3.12. The van der Waals surface area contributed by atoms with Gasteiger partial charge in [-0.2, -0.15) is 0 Å². The molecule has 1 N–H and O–H groups in total. The van der Waals surface area contributed by atoms with E-state index < -0.39 is 23.7 Å². The summed E-state index contributed by atoms with van der Waals surface area (Å²) >= 11 is 0. The average Bonchev–Trinajstić information content (AvgIpc) is 2.71. The molecule has 0 radical (unpaired) electrons. The number of nitrogens with zero attached hydrogens (tertiary/aromatic N) is 1. The molecule has 0 fully saturated rings. The molecule has 7 heteroatoms. The SMILES string of the molecule is Cc1cccc(-c2ccc(C[C@H](CC(=O)OCC(=O)N(C)C)NC(=O)OC(C)(C)C)cc2)c1. The van der Waals surface area contributed by atoms with Crippen LogP contribution >= 0.6 is 0 Å². The van der Waals surface area contributed by atoms with Gasteiger partial charge >= 0.3 is 12.1 Å². The maximum atomic E-state index is 12.3. The summed E-state index contributed by atoms with van der Waals surface area (Å²) in [5.74, 6) is -0.880. The number of ether oxygens (including phenoxy) is 2. The van der Waals surface area contributed by atoms with E-state index in [1.165, 1.54) is 10.5 Å². The number of hydrogen-bond acceptors (Lipinski definition) is 5. The first kappa shape index (κ1) is 25.9. The highest BCUT2D eigenvalue weighted by Gasteiger charge is 2.23. The molecule has 0 saturated carbocycles. The Bertz CT molecular complexity index is 961. The number of aryl methyl sites for hydroxylation is 1. The van der Waals surface area contributed by atoms with Crippen LogP contribution in [-0.4, -0.2) is 55.2 Å². The molecule has 178 valence electrons. The smallest absolute Gasteiger partial charge is 0.407 e. The fourth-order valence-corrected chi connectivity index (χ4v) is 3.12. The van der Waals surface area contributed by atoms with E-state index in [-0.39, 0.29) is 18.9 Å². The lowest BCUT2D eigenvalue weighted by molar-refractivity contribution is -0.151. The molecule has 0 unspecified atom stereocenters. The third kappa shape index (κ3) is 9.35. The monoisotopic (exact) mass is 454 g/mol. The Morgan fingerprint density at radius 2 is 1.67 bits per heavy atom. The van der Waals surface area contributed by atoms with Crippen LogP contribution < -0.4 is 5.32 Å². The van der Waals surface area contributed by atoms with Crippen molar-refractivity contribution in [3.05, 3.63) is 59.7 Å². The van der Waals surface area contributed by atoms with E-state index in [1.807, 2.05) is 30.3 Å². The minimum atomic E-state index is -0.664. The van der Waals surface area contributed by atoms with Crippen LogP contribution in [0.15, 0.2) is 48.5 Å². The van der Waals surface area contributed by atoms with Crippen LogP contribution in [0.3, 0.4) is 0 Å². The molecular weight excluding hydrogens is 420 g/mol. The second-order valence-electron chi connectivity index (χ2n) is 9.27. The first-order valence-electron chi connectivity index (χ1n) is 10.9. The van der Waals surface area contributed by atoms with Gasteiger partial charge in [-0.1, -0.05) is 54.1 Å². The second kappa shape index (κ2) is 11.5. The number of carbonyl (C=O) groups excluding carboxylic acids is 3. The van der Waals surface area contributed by atoms with Crippen molar-refractivity contribution >= 4 is 18.0 Å². The summed E-state index contributed by atoms with van der Waals surface area (Å²) in [6.45, 7) is 7.03. The molecule has 0 aromatic heterocycles. The Morgan fingerprint density at radius 1 is 1.00 bits per heavy atom. The van der Waals surface area contributed by atoms with E-state index >= 15 is 0 Å². The van der Waals surface area contributed by atoms with Crippen molar-refractivity contribution < 1.29 is 23.9 Å². The molecule has 0 bridgehead atoms. The molecule has 0 spiro atoms. The van der Waals surface area contributed by atoms with E-state index in [9.17, 15) is 14.4 Å². The minimum absolute atomic E-state index is 0.0837. The van der Waals surface area contributed by atoms with Crippen molar-refractivity contribution in [3.63, 3.8) is 0 Å². The average molecular weight is 455 g/mol. The summed E-state index contributed by atoms with van der Waals surface area (Å²) in [7, 11) is 3.17. The van der Waals surface area contributed by atoms with Gasteiger partial charge < -0.3 is 19.7 Å². The zero-order valence-electron chi connectivity index (χ0n) is 20.3. The fraction of sp³-hybridized carbons (Fsp3) is 0.423. The summed E-state index contributed by atoms with van der Waals surface area (Å²) in [5, 5.41) is 2.76. The molecule has 2 rings (SSSR count). The van der Waals surface area contributed by atoms with E-state index in [2.05, 4.69) is 30.4 Å². The number of benzene rings is 2. The van der Waals surface area contributed by atoms with Crippen LogP contribution in [0.25, 0.3) is 11.1 Å². The molecule has 7 nitrogen and oxygen atoms in total. The van der Waals surface area contributed by atoms with Gasteiger partial charge in [0.15, 0.2) is 6.61 Å². The largest absolute Gasteiger partial charge is 0.456 e. The Kier molecular flexibility index (Phi) is 9.02. The predicted molar refractivity (Wildman–Crippen MR) is 128 cm³/mol. The third-order valence-corrected chi connectivity index (χ3v) is 4.78. The summed E-state index contributed by atoms with van der Waals surface area (Å²) in [4.78, 5) is 37.7. The summed E-state index contributed by atoms with van der Waals surface area (Å²) in [6, 6.07) is 15.7. The van der Waals surface area contributed by atoms with Gasteiger partial charge in [0.05, 0.1) is 6.42 Å². The van der Waals surface area contributed by atoms with Crippen LogP contribution in [0.2, 0.25) is 0 Å². The van der Waals surface area contributed by atoms with Gasteiger partial charge in [-0.05, 0) is 50.8 Å². The molecule has 2 aromatic carbocycles. The van der Waals surface area contributed by atoms with Crippen LogP contribution in [0, 0.1) is 6.92 Å². The summed E-state index contributed by atoms with van der Waals surface area (Å²) < 4.78 is 10.4. The molecular formula is C26H34N2O5. The molecule has 0 aliphatic carbocycles. The number of hydrogen-bond donors (Lipinski definition) is 1. The Labute approximate surface area is 196 Å². The Morgan fingerprint density at radius 3 is 2.24 bits per heavy atom. The lowest BCUT2D eigenvalue weighted by Gasteiger charge is -2.23. The molecule has 0 aliphatic rings. The molecule has 0 saturated heterocycles. The first-order valence-corrected chi connectivity index (χ1v) is 10.9. The number of carbonyl (C=O) groups is 3. The zero-order valence-corrected chi connectivity index (χ0v) is 20.3. The number of nitrogens with one attached hydrogen (secondary N) is 1. The highest BCUT2D eigenvalue weighted by atomic mass is 16.6. The second-order valence-corrected chi connectivity index (χ2v) is 9.27. The van der Waals surface area contributed by atoms with Gasteiger partial charge in [0.2, 0.25) is 0 Å². The van der Waals surface area contributed by atoms with Gasteiger partial charge in [0.1, 0.15) is 5.60 Å². The quantitative estimate of drug-likeness (QED) is 0.607. The number of esters is 1. The van der Waals surface area contributed by atoms with Gasteiger partial charge in [0, 0.05) is 20.1 Å². The first-order chi connectivity index (χ1) is 15.4. The number of amides is 2. The van der Waals surface area contributed by atoms with Gasteiger partial charge in [-0.3, -0.25) is 9.59 Å². The standard InChI is InChI=1S/C26H34N2O5/c1-18-8-7-9-21(14-18)20-12-10-19(11-13-20)15-22(27-25(31)33-26(2,3)4)16-24(30)32-17-23(29)28(5)6/h7-14,22H,15-17H2,1-6H3,(H,27,31)/t22-/m1/s1. The number of rotatable bonds is 8. The normalized spacial score (nSPS) is 11.9. The highest BCUT2D eigenvalue weighted by molar-refractivity contribution is 5.80. The third-order valence-electron chi connectivity index (χ3n) is 4.78. The molecule has 33 heavy (non-hydrogen) atoms. The zero-order chi connectivity index (χ0) is 24.6. The Balaban J connectivity index is 2.09. The maximum absolute atomic E-state index is 12.3. The van der Waals surface area contributed by atoms with Crippen molar-refractivity contribution in [1.29, 1.82) is 0 Å². The van der Waals surface area contributed by atoms with Crippen molar-refractivity contribution in [3.8, 4) is 11.1 Å². The van der Waals surface area contributed by atoms with E-state index in [0.29, 0.717) is 6.42 Å². The van der Waals surface area contributed by atoms with Crippen molar-refractivity contribution in [2.45, 2.75) is 52.2 Å². The highest BCUT2D eigenvalue weighted by Crippen LogP contribution is 2.21. The molecule has 2 aromatic rings. The predicted octanol–water partition coefficient (Wildman–Crippen LogP) is 4.12. The van der Waals surface area contributed by atoms with Crippen molar-refractivity contribution in [1.82, 2.24) is 10.2 Å². The van der Waals surface area contributed by atoms with E-state index in [0.717, 1.165) is 16.7 Å². The molecule has 2 amide bonds. The van der Waals surface area contributed by atoms with Crippen LogP contribution in [-0.2, 0) is 25.5 Å². The molecule has 1 atom stereocenters. The van der Waals surface area contributed by atoms with Gasteiger partial charge in [-0.15, -0.1) is 0 Å². The lowest BCUT2D eigenvalue weighted by Crippen LogP contribution is -2.41. The van der Waals surface area contributed by atoms with Crippen LogP contribution in [0.1, 0.15) is 38.3 Å². The lowest BCUT2D eigenvalue weighted by atomic mass is 9.98. The van der Waals surface area contributed by atoms with Crippen LogP contribution in [0.5, 0.6) is 0 Å². The topological polar surface area (TPSA) is 84.9 Å². The van der Waals surface area contributed by atoms with E-state index in [4.69, 9.17) is 9.47 Å². The maximum Gasteiger partial charge on any atom is 0.407 e. The minimum Gasteiger partial charge on any atom is -0.456 e. The van der Waals surface area contributed by atoms with Gasteiger partial charge in [0.25, 0.3) is 5.91 Å². The van der Waals surface area contributed by atoms with Crippen molar-refractivity contribution in [2.24, 2.45) is 0 Å². The Hall–Kier alpha value is -3.35. The molecule has 0 aliphatic heterocycles. The summed E-state index contributed by atoms with van der Waals surface area (Å²) in [5.41, 5.74) is 3.68. The number of likely N-dealkylation sites (N-methyl/N-ethyl adjacent to an activating group) is 1. The number of alkyl carbamates (subject to hydrolysis) is 1. The van der Waals surface area contributed by atoms with Gasteiger partial charge in [-0.25, -0.2) is 4.79 Å².